The molecule has 0 saturated carbocycles. The lowest BCUT2D eigenvalue weighted by molar-refractivity contribution is -0.124. The van der Waals surface area contributed by atoms with E-state index in [1.54, 1.807) is 0 Å². The fourth-order valence-electron chi connectivity index (χ4n) is 2.13. The van der Waals surface area contributed by atoms with Crippen LogP contribution in [-0.2, 0) is 22.5 Å². The number of ether oxygens (including phenoxy) is 1. The summed E-state index contributed by atoms with van der Waals surface area (Å²) in [6.45, 7) is 1.73. The van der Waals surface area contributed by atoms with Crippen molar-refractivity contribution in [2.24, 2.45) is 0 Å². The normalized spacial score (nSPS) is 13.7. The highest BCUT2D eigenvalue weighted by Gasteiger charge is 2.12. The molecule has 17 heavy (non-hydrogen) atoms. The highest BCUT2D eigenvalue weighted by atomic mass is 16.5. The molecular formula is C13H18N2O2. The SMILES string of the molecule is COCC(=O)NCc1cccc2c1CCCN2. The zero-order chi connectivity index (χ0) is 12.1. The van der Waals surface area contributed by atoms with Gasteiger partial charge in [0.05, 0.1) is 0 Å². The van der Waals surface area contributed by atoms with Gasteiger partial charge in [-0.3, -0.25) is 4.79 Å². The summed E-state index contributed by atoms with van der Waals surface area (Å²) < 4.78 is 4.78. The van der Waals surface area contributed by atoms with Gasteiger partial charge in [-0.05, 0) is 30.0 Å². The molecule has 0 bridgehead atoms. The maximum atomic E-state index is 11.3. The topological polar surface area (TPSA) is 50.4 Å². The van der Waals surface area contributed by atoms with E-state index in [0.29, 0.717) is 6.54 Å². The van der Waals surface area contributed by atoms with Crippen LogP contribution < -0.4 is 10.6 Å². The van der Waals surface area contributed by atoms with E-state index < -0.39 is 0 Å². The Morgan fingerprint density at radius 2 is 2.41 bits per heavy atom. The molecule has 1 amide bonds. The number of carbonyl (C=O) groups excluding carboxylic acids is 1. The second kappa shape index (κ2) is 5.68. The van der Waals surface area contributed by atoms with E-state index in [1.807, 2.05) is 6.07 Å². The van der Waals surface area contributed by atoms with Crippen LogP contribution in [0.4, 0.5) is 5.69 Å². The lowest BCUT2D eigenvalue weighted by Crippen LogP contribution is -2.27. The molecule has 0 spiro atoms. The minimum Gasteiger partial charge on any atom is -0.385 e. The Labute approximate surface area is 101 Å². The maximum Gasteiger partial charge on any atom is 0.246 e. The summed E-state index contributed by atoms with van der Waals surface area (Å²) in [5.74, 6) is -0.0751. The van der Waals surface area contributed by atoms with Gasteiger partial charge in [0.2, 0.25) is 5.91 Å². The number of methoxy groups -OCH3 is 1. The predicted molar refractivity (Wildman–Crippen MR) is 67.0 cm³/mol. The van der Waals surface area contributed by atoms with Crippen molar-refractivity contribution in [3.8, 4) is 0 Å². The van der Waals surface area contributed by atoms with Crippen LogP contribution in [-0.4, -0.2) is 26.2 Å². The number of anilines is 1. The Hall–Kier alpha value is -1.55. The van der Waals surface area contributed by atoms with Crippen LogP contribution in [0.25, 0.3) is 0 Å². The van der Waals surface area contributed by atoms with E-state index in [1.165, 1.54) is 23.9 Å². The molecule has 4 heteroatoms. The second-order valence-corrected chi connectivity index (χ2v) is 4.18. The van der Waals surface area contributed by atoms with E-state index in [4.69, 9.17) is 4.74 Å². The average molecular weight is 234 g/mol. The number of amides is 1. The summed E-state index contributed by atoms with van der Waals surface area (Å²) in [4.78, 5) is 11.3. The van der Waals surface area contributed by atoms with Crippen molar-refractivity contribution in [1.82, 2.24) is 5.32 Å². The summed E-state index contributed by atoms with van der Waals surface area (Å²) in [7, 11) is 1.52. The number of rotatable bonds is 4. The third kappa shape index (κ3) is 2.97. The molecule has 1 aromatic rings. The van der Waals surface area contributed by atoms with Gasteiger partial charge in [0.1, 0.15) is 6.61 Å². The van der Waals surface area contributed by atoms with Crippen LogP contribution in [0, 0.1) is 0 Å². The molecule has 1 aromatic carbocycles. The fraction of sp³-hybridized carbons (Fsp3) is 0.462. The molecule has 2 N–H and O–H groups in total. The van der Waals surface area contributed by atoms with Crippen LogP contribution >= 0.6 is 0 Å². The van der Waals surface area contributed by atoms with Crippen LogP contribution in [0.15, 0.2) is 18.2 Å². The Balaban J connectivity index is 2.03. The van der Waals surface area contributed by atoms with Crippen molar-refractivity contribution < 1.29 is 9.53 Å². The summed E-state index contributed by atoms with van der Waals surface area (Å²) >= 11 is 0. The van der Waals surface area contributed by atoms with Crippen molar-refractivity contribution in [2.75, 3.05) is 25.6 Å². The molecule has 0 atom stereocenters. The van der Waals surface area contributed by atoms with Crippen molar-refractivity contribution >= 4 is 11.6 Å². The first-order valence-electron chi connectivity index (χ1n) is 5.91. The van der Waals surface area contributed by atoms with Crippen LogP contribution in [0.1, 0.15) is 17.5 Å². The van der Waals surface area contributed by atoms with Crippen molar-refractivity contribution in [3.63, 3.8) is 0 Å². The van der Waals surface area contributed by atoms with Gasteiger partial charge in [0, 0.05) is 25.9 Å². The van der Waals surface area contributed by atoms with Crippen molar-refractivity contribution in [2.45, 2.75) is 19.4 Å². The van der Waals surface area contributed by atoms with E-state index in [-0.39, 0.29) is 12.5 Å². The molecule has 0 saturated heterocycles. The van der Waals surface area contributed by atoms with Gasteiger partial charge in [-0.2, -0.15) is 0 Å². The van der Waals surface area contributed by atoms with Gasteiger partial charge in [-0.15, -0.1) is 0 Å². The molecular weight excluding hydrogens is 216 g/mol. The van der Waals surface area contributed by atoms with Crippen molar-refractivity contribution in [3.05, 3.63) is 29.3 Å². The summed E-state index contributed by atoms with van der Waals surface area (Å²) in [6.07, 6.45) is 2.23. The third-order valence-electron chi connectivity index (χ3n) is 2.94. The molecule has 2 rings (SSSR count). The van der Waals surface area contributed by atoms with Gasteiger partial charge in [0.25, 0.3) is 0 Å². The van der Waals surface area contributed by atoms with Gasteiger partial charge >= 0.3 is 0 Å². The third-order valence-corrected chi connectivity index (χ3v) is 2.94. The Kier molecular flexibility index (Phi) is 3.98. The van der Waals surface area contributed by atoms with Crippen LogP contribution in [0.2, 0.25) is 0 Å². The standard InChI is InChI=1S/C13H18N2O2/c1-17-9-13(16)15-8-10-4-2-6-12-11(10)5-3-7-14-12/h2,4,6,14H,3,5,7-9H2,1H3,(H,15,16). The second-order valence-electron chi connectivity index (χ2n) is 4.18. The van der Waals surface area contributed by atoms with Crippen LogP contribution in [0.5, 0.6) is 0 Å². The van der Waals surface area contributed by atoms with Gasteiger partial charge in [-0.25, -0.2) is 0 Å². The molecule has 0 unspecified atom stereocenters. The summed E-state index contributed by atoms with van der Waals surface area (Å²) in [5, 5.41) is 6.24. The van der Waals surface area contributed by atoms with E-state index in [2.05, 4.69) is 22.8 Å². The Bertz CT molecular complexity index is 404. The summed E-state index contributed by atoms with van der Waals surface area (Å²) in [5.41, 5.74) is 3.73. The molecule has 0 radical (unpaired) electrons. The lowest BCUT2D eigenvalue weighted by Gasteiger charge is -2.21. The van der Waals surface area contributed by atoms with E-state index >= 15 is 0 Å². The predicted octanol–water partition coefficient (Wildman–Crippen LogP) is 1.31. The first-order chi connectivity index (χ1) is 8.31. The average Bonchev–Trinajstić information content (AvgIpc) is 2.36. The summed E-state index contributed by atoms with van der Waals surface area (Å²) in [6, 6.07) is 6.18. The van der Waals surface area contributed by atoms with Crippen molar-refractivity contribution in [1.29, 1.82) is 0 Å². The fourth-order valence-corrected chi connectivity index (χ4v) is 2.13. The first kappa shape index (κ1) is 11.9. The number of carbonyl (C=O) groups is 1. The number of fused-ring (bicyclic) bond motifs is 1. The largest absolute Gasteiger partial charge is 0.385 e. The molecule has 4 nitrogen and oxygen atoms in total. The Morgan fingerprint density at radius 1 is 1.53 bits per heavy atom. The molecule has 0 fully saturated rings. The monoisotopic (exact) mass is 234 g/mol. The smallest absolute Gasteiger partial charge is 0.246 e. The minimum absolute atomic E-state index is 0.0751. The van der Waals surface area contributed by atoms with Gasteiger partial charge in [0.15, 0.2) is 0 Å². The highest BCUT2D eigenvalue weighted by Crippen LogP contribution is 2.25. The zero-order valence-corrected chi connectivity index (χ0v) is 10.1. The molecule has 1 aliphatic heterocycles. The van der Waals surface area contributed by atoms with Crippen LogP contribution in [0.3, 0.4) is 0 Å². The molecule has 0 aliphatic carbocycles. The Morgan fingerprint density at radius 3 is 3.24 bits per heavy atom. The lowest BCUT2D eigenvalue weighted by atomic mass is 9.97. The van der Waals surface area contributed by atoms with E-state index in [0.717, 1.165) is 19.4 Å². The quantitative estimate of drug-likeness (QED) is 0.825. The minimum atomic E-state index is -0.0751. The molecule has 1 aliphatic rings. The molecule has 0 aromatic heterocycles. The molecule has 1 heterocycles. The highest BCUT2D eigenvalue weighted by molar-refractivity contribution is 5.77. The number of benzene rings is 1. The first-order valence-corrected chi connectivity index (χ1v) is 5.91. The number of hydrogen-bond donors (Lipinski definition) is 2. The van der Waals surface area contributed by atoms with Gasteiger partial charge in [-0.1, -0.05) is 12.1 Å². The maximum absolute atomic E-state index is 11.3. The zero-order valence-electron chi connectivity index (χ0n) is 10.1. The molecule has 92 valence electrons. The van der Waals surface area contributed by atoms with Gasteiger partial charge < -0.3 is 15.4 Å². The number of nitrogens with one attached hydrogen (secondary N) is 2. The number of hydrogen-bond acceptors (Lipinski definition) is 3. The van der Waals surface area contributed by atoms with E-state index in [9.17, 15) is 4.79 Å².